The molecule has 0 spiro atoms. The van der Waals surface area contributed by atoms with Crippen LogP contribution in [0.4, 0.5) is 4.79 Å². The number of urea groups is 1. The number of fused-ring (bicyclic) bond motifs is 1. The van der Waals surface area contributed by atoms with Crippen molar-refractivity contribution in [3.05, 3.63) is 0 Å². The number of thioether (sulfide) groups is 1. The first kappa shape index (κ1) is 31.0. The summed E-state index contributed by atoms with van der Waals surface area (Å²) in [5.41, 5.74) is 0. The van der Waals surface area contributed by atoms with Crippen molar-refractivity contribution in [1.82, 2.24) is 37.2 Å². The Morgan fingerprint density at radius 2 is 1.53 bits per heavy atom. The minimum atomic E-state index is -1.23. The highest BCUT2D eigenvalue weighted by molar-refractivity contribution is 8.00. The van der Waals surface area contributed by atoms with Gasteiger partial charge in [-0.3, -0.25) is 24.0 Å². The van der Waals surface area contributed by atoms with Gasteiger partial charge in [-0.15, -0.1) is 0 Å². The monoisotopic (exact) mass is 575 g/mol. The molecule has 38 heavy (non-hydrogen) atoms. The number of thiol groups is 1. The average molecular weight is 576 g/mol. The van der Waals surface area contributed by atoms with Gasteiger partial charge in [-0.25, -0.2) is 9.59 Å². The summed E-state index contributed by atoms with van der Waals surface area (Å²) >= 11 is 5.37. The zero-order chi connectivity index (χ0) is 28.1. The van der Waals surface area contributed by atoms with Gasteiger partial charge < -0.3 is 42.3 Å². The lowest BCUT2D eigenvalue weighted by Crippen LogP contribution is -2.47. The molecule has 0 saturated carbocycles. The summed E-state index contributed by atoms with van der Waals surface area (Å²) in [4.78, 5) is 81.4. The Morgan fingerprint density at radius 1 is 0.895 bits per heavy atom. The second kappa shape index (κ2) is 15.9. The summed E-state index contributed by atoms with van der Waals surface area (Å²) in [7, 11) is 0. The Balaban J connectivity index is 1.56. The van der Waals surface area contributed by atoms with Gasteiger partial charge >= 0.3 is 12.0 Å². The summed E-state index contributed by atoms with van der Waals surface area (Å²) < 4.78 is 0. The van der Waals surface area contributed by atoms with Gasteiger partial charge in [0.15, 0.2) is 0 Å². The van der Waals surface area contributed by atoms with Gasteiger partial charge in [-0.2, -0.15) is 24.4 Å². The molecular formula is C21H33N7O8S2. The van der Waals surface area contributed by atoms with Crippen molar-refractivity contribution in [2.24, 2.45) is 0 Å². The third kappa shape index (κ3) is 11.0. The van der Waals surface area contributed by atoms with Crippen molar-refractivity contribution in [3.8, 4) is 0 Å². The van der Waals surface area contributed by atoms with E-state index in [2.05, 4.69) is 49.8 Å². The second-order valence-electron chi connectivity index (χ2n) is 8.62. The van der Waals surface area contributed by atoms with Gasteiger partial charge in [-0.05, 0) is 19.3 Å². The normalized spacial score (nSPS) is 20.2. The number of unbranched alkanes of at least 4 members (excludes halogenated alkanes) is 1. The van der Waals surface area contributed by atoms with E-state index in [-0.39, 0.29) is 54.4 Å². The third-order valence-corrected chi connectivity index (χ3v) is 7.41. The fourth-order valence-corrected chi connectivity index (χ4v) is 5.33. The predicted molar refractivity (Wildman–Crippen MR) is 139 cm³/mol. The Labute approximate surface area is 228 Å². The highest BCUT2D eigenvalue weighted by Gasteiger charge is 2.43. The van der Waals surface area contributed by atoms with Crippen molar-refractivity contribution in [2.75, 3.05) is 37.7 Å². The summed E-state index contributed by atoms with van der Waals surface area (Å²) in [5.74, 6) is -3.15. The number of carbonyl (C=O) groups excluding carboxylic acids is 6. The Hall–Kier alpha value is -3.21. The van der Waals surface area contributed by atoms with Crippen LogP contribution in [0.3, 0.4) is 0 Å². The Morgan fingerprint density at radius 3 is 2.16 bits per heavy atom. The average Bonchev–Trinajstić information content (AvgIpc) is 3.42. The molecule has 0 radical (unpaired) electrons. The maximum atomic E-state index is 12.2. The van der Waals surface area contributed by atoms with E-state index >= 15 is 0 Å². The molecule has 8 N–H and O–H groups in total. The molecule has 2 aliphatic rings. The van der Waals surface area contributed by atoms with E-state index in [1.165, 1.54) is 0 Å². The molecule has 17 heteroatoms. The molecule has 4 atom stereocenters. The minimum Gasteiger partial charge on any atom is -0.480 e. The third-order valence-electron chi connectivity index (χ3n) is 5.68. The van der Waals surface area contributed by atoms with Crippen LogP contribution in [0.25, 0.3) is 0 Å². The Kier molecular flexibility index (Phi) is 13.0. The largest absolute Gasteiger partial charge is 0.480 e. The molecule has 212 valence electrons. The summed E-state index contributed by atoms with van der Waals surface area (Å²) in [6, 6.07) is -1.42. The number of nitrogens with one attached hydrogen (secondary N) is 7. The predicted octanol–water partition coefficient (Wildman–Crippen LogP) is -3.32. The van der Waals surface area contributed by atoms with E-state index in [4.69, 9.17) is 0 Å². The van der Waals surface area contributed by atoms with Crippen LogP contribution in [0.5, 0.6) is 0 Å². The molecule has 0 bridgehead atoms. The van der Waals surface area contributed by atoms with Gasteiger partial charge in [0, 0.05) is 24.0 Å². The van der Waals surface area contributed by atoms with Crippen LogP contribution in [0.1, 0.15) is 25.7 Å². The zero-order valence-electron chi connectivity index (χ0n) is 20.5. The van der Waals surface area contributed by atoms with Crippen molar-refractivity contribution in [2.45, 2.75) is 49.1 Å². The van der Waals surface area contributed by atoms with Crippen LogP contribution in [-0.2, 0) is 28.8 Å². The molecule has 2 saturated heterocycles. The summed E-state index contributed by atoms with van der Waals surface area (Å²) in [5, 5.41) is 26.9. The van der Waals surface area contributed by atoms with E-state index in [0.717, 1.165) is 5.75 Å². The second-order valence-corrected chi connectivity index (χ2v) is 10.2. The highest BCUT2D eigenvalue weighted by Crippen LogP contribution is 2.31. The lowest BCUT2D eigenvalue weighted by Gasteiger charge is -2.17. The lowest BCUT2D eigenvalue weighted by molar-refractivity contribution is -0.142. The minimum absolute atomic E-state index is 0.00642. The van der Waals surface area contributed by atoms with Crippen molar-refractivity contribution < 1.29 is 38.7 Å². The fourth-order valence-electron chi connectivity index (χ4n) is 3.74. The van der Waals surface area contributed by atoms with Crippen molar-refractivity contribution >= 4 is 65.9 Å². The van der Waals surface area contributed by atoms with Crippen LogP contribution in [0.2, 0.25) is 0 Å². The maximum absolute atomic E-state index is 12.2. The van der Waals surface area contributed by atoms with Crippen LogP contribution in [0, 0.1) is 0 Å². The molecule has 0 aliphatic carbocycles. The van der Waals surface area contributed by atoms with E-state index < -0.39 is 48.7 Å². The number of rotatable bonds is 16. The van der Waals surface area contributed by atoms with Crippen LogP contribution < -0.4 is 37.2 Å². The molecule has 15 nitrogen and oxygen atoms in total. The molecule has 0 aromatic rings. The van der Waals surface area contributed by atoms with Crippen molar-refractivity contribution in [1.29, 1.82) is 0 Å². The number of carboxylic acids is 1. The van der Waals surface area contributed by atoms with Crippen LogP contribution >= 0.6 is 24.4 Å². The topological polar surface area (TPSA) is 224 Å². The zero-order valence-corrected chi connectivity index (χ0v) is 22.3. The Bertz CT molecular complexity index is 922. The smallest absolute Gasteiger partial charge is 0.326 e. The molecule has 2 heterocycles. The molecule has 2 fully saturated rings. The highest BCUT2D eigenvalue weighted by atomic mass is 32.2. The first-order valence-corrected chi connectivity index (χ1v) is 13.7. The molecule has 2 aliphatic heterocycles. The van der Waals surface area contributed by atoms with E-state index in [1.54, 1.807) is 11.8 Å². The molecular weight excluding hydrogens is 542 g/mol. The lowest BCUT2D eigenvalue weighted by atomic mass is 10.1. The molecule has 0 aromatic carbocycles. The van der Waals surface area contributed by atoms with Gasteiger partial charge in [0.05, 0.1) is 37.5 Å². The van der Waals surface area contributed by atoms with Gasteiger partial charge in [0.1, 0.15) is 6.04 Å². The van der Waals surface area contributed by atoms with E-state index in [9.17, 15) is 38.7 Å². The van der Waals surface area contributed by atoms with Crippen LogP contribution in [-0.4, -0.2) is 108 Å². The number of amides is 7. The first-order chi connectivity index (χ1) is 18.1. The fraction of sp³-hybridized carbons (Fsp3) is 0.667. The van der Waals surface area contributed by atoms with Gasteiger partial charge in [-0.1, -0.05) is 0 Å². The first-order valence-electron chi connectivity index (χ1n) is 12.0. The van der Waals surface area contributed by atoms with Crippen molar-refractivity contribution in [3.63, 3.8) is 0 Å². The molecule has 2 rings (SSSR count). The number of aliphatic carboxylic acids is 1. The summed E-state index contributed by atoms with van der Waals surface area (Å²) in [6.07, 6.45) is 1.31. The standard InChI is InChI=1S/C21H33N7O8S2/c29-14(5-13-19-12(10-38-13)27-21(36)28-19)22-4-2-1-3-11(20(34)35)26-17(32)8-24-15(30)6-23-16(31)7-25-18(33)9-37/h11-13,19,37H,1-10H2,(H,22,29)(H,23,31)(H,24,30)(H,25,33)(H,26,32)(H,34,35)(H2,27,28,36)/t11-,12-,13?,19-/m0/s1. The van der Waals surface area contributed by atoms with Crippen LogP contribution in [0.15, 0.2) is 0 Å². The number of hydrogen-bond acceptors (Lipinski definition) is 9. The maximum Gasteiger partial charge on any atom is 0.326 e. The number of hydrogen-bond donors (Lipinski definition) is 9. The summed E-state index contributed by atoms with van der Waals surface area (Å²) in [6.45, 7) is -0.894. The SMILES string of the molecule is O=C(CS)NCC(=O)NCC(=O)NCC(=O)N[C@@H](CCCCNC(=O)CC1SC[C@@H]2NC(=O)N[C@H]12)C(=O)O. The number of carbonyl (C=O) groups is 7. The molecule has 7 amide bonds. The van der Waals surface area contributed by atoms with Gasteiger partial charge in [0.25, 0.3) is 0 Å². The molecule has 0 aromatic heterocycles. The molecule has 1 unspecified atom stereocenters. The van der Waals surface area contributed by atoms with E-state index in [1.807, 2.05) is 0 Å². The van der Waals surface area contributed by atoms with E-state index in [0.29, 0.717) is 19.4 Å². The van der Waals surface area contributed by atoms with Gasteiger partial charge in [0.2, 0.25) is 29.5 Å². The quantitative estimate of drug-likeness (QED) is 0.0509. The number of carboxylic acid groups (broad SMARTS) is 1.